The largest absolute Gasteiger partial charge is 0.480 e. The van der Waals surface area contributed by atoms with Crippen molar-refractivity contribution in [3.63, 3.8) is 0 Å². The first-order valence-electron chi connectivity index (χ1n) is 5.80. The number of rotatable bonds is 3. The number of hydrogen-bond acceptors (Lipinski definition) is 4. The molecule has 2 atom stereocenters. The Hall–Kier alpha value is -1.95. The van der Waals surface area contributed by atoms with Gasteiger partial charge in [0.25, 0.3) is 0 Å². The summed E-state index contributed by atoms with van der Waals surface area (Å²) < 4.78 is 0. The number of nitrogens with two attached hydrogens (primary N) is 1. The molecule has 0 aliphatic carbocycles. The monoisotopic (exact) mass is 249 g/mol. The topological polar surface area (TPSA) is 96.5 Å². The number of carboxylic acids is 1. The van der Waals surface area contributed by atoms with Crippen molar-refractivity contribution in [2.24, 2.45) is 5.73 Å². The van der Waals surface area contributed by atoms with Crippen LogP contribution in [0, 0.1) is 0 Å². The molecule has 1 saturated heterocycles. The van der Waals surface area contributed by atoms with Crippen LogP contribution < -0.4 is 5.73 Å². The van der Waals surface area contributed by atoms with E-state index >= 15 is 0 Å². The first kappa shape index (κ1) is 12.5. The Morgan fingerprint density at radius 3 is 2.78 bits per heavy atom. The fourth-order valence-corrected chi connectivity index (χ4v) is 2.37. The molecule has 1 aromatic rings. The normalized spacial score (nSPS) is 23.1. The zero-order valence-corrected chi connectivity index (χ0v) is 9.82. The molecular weight excluding hydrogens is 234 g/mol. The van der Waals surface area contributed by atoms with Gasteiger partial charge in [-0.15, -0.1) is 0 Å². The maximum atomic E-state index is 11.8. The van der Waals surface area contributed by atoms with Gasteiger partial charge >= 0.3 is 5.97 Å². The van der Waals surface area contributed by atoms with Crippen LogP contribution >= 0.6 is 0 Å². The molecule has 18 heavy (non-hydrogen) atoms. The van der Waals surface area contributed by atoms with E-state index in [1.165, 1.54) is 4.90 Å². The summed E-state index contributed by atoms with van der Waals surface area (Å²) in [7, 11) is 0. The van der Waals surface area contributed by atoms with Crippen molar-refractivity contribution in [1.82, 2.24) is 9.88 Å². The molecule has 0 aromatic carbocycles. The van der Waals surface area contributed by atoms with Crippen molar-refractivity contribution in [3.05, 3.63) is 30.1 Å². The smallest absolute Gasteiger partial charge is 0.326 e. The molecule has 2 heterocycles. The molecule has 6 heteroatoms. The molecule has 2 unspecified atom stereocenters. The number of pyridine rings is 1. The Balaban J connectivity index is 2.31. The summed E-state index contributed by atoms with van der Waals surface area (Å²) in [5, 5.41) is 9.14. The number of hydrogen-bond donors (Lipinski definition) is 2. The maximum absolute atomic E-state index is 11.8. The summed E-state index contributed by atoms with van der Waals surface area (Å²) in [6.07, 6.45) is 2.66. The van der Waals surface area contributed by atoms with E-state index in [0.717, 1.165) is 0 Å². The van der Waals surface area contributed by atoms with Crippen LogP contribution in [0.1, 0.15) is 24.6 Å². The molecule has 0 spiro atoms. The van der Waals surface area contributed by atoms with Crippen LogP contribution in [0.15, 0.2) is 24.4 Å². The van der Waals surface area contributed by atoms with Crippen LogP contribution in [0.5, 0.6) is 0 Å². The average Bonchev–Trinajstić information content (AvgIpc) is 2.83. The zero-order chi connectivity index (χ0) is 13.1. The van der Waals surface area contributed by atoms with E-state index in [0.29, 0.717) is 18.5 Å². The summed E-state index contributed by atoms with van der Waals surface area (Å²) >= 11 is 0. The van der Waals surface area contributed by atoms with Crippen LogP contribution in [0.25, 0.3) is 0 Å². The average molecular weight is 249 g/mol. The predicted molar refractivity (Wildman–Crippen MR) is 63.5 cm³/mol. The van der Waals surface area contributed by atoms with Crippen LogP contribution in [0.4, 0.5) is 0 Å². The van der Waals surface area contributed by atoms with E-state index in [4.69, 9.17) is 10.8 Å². The number of aliphatic carboxylic acids is 1. The molecular formula is C12H15N3O3. The van der Waals surface area contributed by atoms with Crippen molar-refractivity contribution < 1.29 is 14.7 Å². The minimum Gasteiger partial charge on any atom is -0.480 e. The fraction of sp³-hybridized carbons (Fsp3) is 0.417. The summed E-state index contributed by atoms with van der Waals surface area (Å²) in [5.41, 5.74) is 6.06. The van der Waals surface area contributed by atoms with E-state index in [1.807, 2.05) is 6.07 Å². The van der Waals surface area contributed by atoms with E-state index in [2.05, 4.69) is 4.98 Å². The maximum Gasteiger partial charge on any atom is 0.326 e. The van der Waals surface area contributed by atoms with Gasteiger partial charge in [0.05, 0.1) is 18.3 Å². The number of carbonyl (C=O) groups excluding carboxylic acids is 1. The highest BCUT2D eigenvalue weighted by Crippen LogP contribution is 2.35. The van der Waals surface area contributed by atoms with Gasteiger partial charge in [0.1, 0.15) is 6.04 Å². The second-order valence-corrected chi connectivity index (χ2v) is 4.21. The third-order valence-electron chi connectivity index (χ3n) is 3.16. The molecule has 96 valence electrons. The molecule has 6 nitrogen and oxygen atoms in total. The van der Waals surface area contributed by atoms with Crippen LogP contribution in [0.2, 0.25) is 0 Å². The Labute approximate surface area is 104 Å². The van der Waals surface area contributed by atoms with Crippen LogP contribution in [0.3, 0.4) is 0 Å². The van der Waals surface area contributed by atoms with Gasteiger partial charge in [0.2, 0.25) is 5.91 Å². The molecule has 3 N–H and O–H groups in total. The Morgan fingerprint density at radius 1 is 1.44 bits per heavy atom. The van der Waals surface area contributed by atoms with Gasteiger partial charge in [-0.05, 0) is 25.0 Å². The summed E-state index contributed by atoms with van der Waals surface area (Å²) in [6.45, 7) is -0.187. The molecule has 2 rings (SSSR count). The van der Waals surface area contributed by atoms with E-state index < -0.39 is 12.0 Å². The SMILES string of the molecule is NCC(=O)N1C(C(=O)O)CCC1c1ccccn1. The summed E-state index contributed by atoms with van der Waals surface area (Å²) in [5.74, 6) is -1.34. The minimum absolute atomic E-state index is 0.187. The molecule has 1 amide bonds. The van der Waals surface area contributed by atoms with Crippen molar-refractivity contribution in [1.29, 1.82) is 0 Å². The second kappa shape index (κ2) is 5.14. The zero-order valence-electron chi connectivity index (χ0n) is 9.82. The number of aromatic nitrogens is 1. The lowest BCUT2D eigenvalue weighted by molar-refractivity contribution is -0.149. The summed E-state index contributed by atoms with van der Waals surface area (Å²) in [4.78, 5) is 28.5. The number of carboxylic acid groups (broad SMARTS) is 1. The van der Waals surface area contributed by atoms with Gasteiger partial charge < -0.3 is 15.7 Å². The van der Waals surface area contributed by atoms with Crippen molar-refractivity contribution >= 4 is 11.9 Å². The van der Waals surface area contributed by atoms with Gasteiger partial charge in [-0.1, -0.05) is 6.07 Å². The highest BCUT2D eigenvalue weighted by molar-refractivity contribution is 5.85. The minimum atomic E-state index is -0.991. The third kappa shape index (κ3) is 2.19. The molecule has 0 saturated carbocycles. The number of amides is 1. The Morgan fingerprint density at radius 2 is 2.22 bits per heavy atom. The van der Waals surface area contributed by atoms with Crippen molar-refractivity contribution in [2.45, 2.75) is 24.9 Å². The van der Waals surface area contributed by atoms with Gasteiger partial charge in [-0.3, -0.25) is 9.78 Å². The predicted octanol–water partition coefficient (Wildman–Crippen LogP) is 0.157. The highest BCUT2D eigenvalue weighted by Gasteiger charge is 2.41. The van der Waals surface area contributed by atoms with E-state index in [-0.39, 0.29) is 18.5 Å². The standard InChI is InChI=1S/C12H15N3O3/c13-7-11(16)15-9(4-5-10(15)12(17)18)8-3-1-2-6-14-8/h1-3,6,9-10H,4-5,7,13H2,(H,17,18). The number of carbonyl (C=O) groups is 2. The molecule has 0 bridgehead atoms. The molecule has 1 fully saturated rings. The lowest BCUT2D eigenvalue weighted by Gasteiger charge is -2.27. The quantitative estimate of drug-likeness (QED) is 0.795. The van der Waals surface area contributed by atoms with Crippen molar-refractivity contribution in [2.75, 3.05) is 6.54 Å². The van der Waals surface area contributed by atoms with Crippen LogP contribution in [-0.4, -0.2) is 39.5 Å². The lowest BCUT2D eigenvalue weighted by Crippen LogP contribution is -2.44. The van der Waals surface area contributed by atoms with Crippen LogP contribution in [-0.2, 0) is 9.59 Å². The number of likely N-dealkylation sites (tertiary alicyclic amines) is 1. The van der Waals surface area contributed by atoms with Gasteiger partial charge in [0, 0.05) is 6.20 Å². The number of nitrogens with zero attached hydrogens (tertiary/aromatic N) is 2. The Kier molecular flexibility index (Phi) is 3.57. The lowest BCUT2D eigenvalue weighted by atomic mass is 10.1. The molecule has 1 aliphatic heterocycles. The molecule has 1 aliphatic rings. The van der Waals surface area contributed by atoms with Gasteiger partial charge in [-0.25, -0.2) is 4.79 Å². The highest BCUT2D eigenvalue weighted by atomic mass is 16.4. The molecule has 0 radical (unpaired) electrons. The summed E-state index contributed by atoms with van der Waals surface area (Å²) in [6, 6.07) is 4.31. The van der Waals surface area contributed by atoms with Gasteiger partial charge in [-0.2, -0.15) is 0 Å². The first-order chi connectivity index (χ1) is 8.65. The fourth-order valence-electron chi connectivity index (χ4n) is 2.37. The third-order valence-corrected chi connectivity index (χ3v) is 3.16. The second-order valence-electron chi connectivity index (χ2n) is 4.21. The Bertz CT molecular complexity index is 449. The molecule has 1 aromatic heterocycles. The van der Waals surface area contributed by atoms with E-state index in [9.17, 15) is 9.59 Å². The van der Waals surface area contributed by atoms with Crippen molar-refractivity contribution in [3.8, 4) is 0 Å². The van der Waals surface area contributed by atoms with Gasteiger partial charge in [0.15, 0.2) is 0 Å². The first-order valence-corrected chi connectivity index (χ1v) is 5.80. The van der Waals surface area contributed by atoms with E-state index in [1.54, 1.807) is 18.3 Å².